The fourth-order valence-corrected chi connectivity index (χ4v) is 4.29. The molecule has 0 radical (unpaired) electrons. The maximum Gasteiger partial charge on any atom is 0.126 e. The van der Waals surface area contributed by atoms with E-state index in [0.717, 1.165) is 17.1 Å². The van der Waals surface area contributed by atoms with Gasteiger partial charge in [-0.05, 0) is 43.9 Å². The maximum atomic E-state index is 13.2. The van der Waals surface area contributed by atoms with Crippen molar-refractivity contribution in [2.75, 3.05) is 11.5 Å². The van der Waals surface area contributed by atoms with Crippen LogP contribution in [-0.4, -0.2) is 17.5 Å². The summed E-state index contributed by atoms with van der Waals surface area (Å²) in [5.41, 5.74) is 6.33. The van der Waals surface area contributed by atoms with E-state index in [9.17, 15) is 4.39 Å². The van der Waals surface area contributed by atoms with Crippen LogP contribution >= 0.6 is 11.8 Å². The molecule has 3 rings (SSSR count). The summed E-state index contributed by atoms with van der Waals surface area (Å²) in [4.78, 5) is 0.897. The Morgan fingerprint density at radius 3 is 2.79 bits per heavy atom. The Morgan fingerprint density at radius 1 is 1.26 bits per heavy atom. The Kier molecular flexibility index (Phi) is 3.72. The van der Waals surface area contributed by atoms with Crippen LogP contribution in [0, 0.1) is 5.82 Å². The lowest BCUT2D eigenvalue weighted by Crippen LogP contribution is -2.25. The SMILES string of the molecule is Nc1cc(F)cc(SCC2CCC3(CCCC3)O2)c1. The molecule has 1 spiro atoms. The summed E-state index contributed by atoms with van der Waals surface area (Å²) < 4.78 is 19.5. The summed E-state index contributed by atoms with van der Waals surface area (Å²) in [5.74, 6) is 0.632. The van der Waals surface area contributed by atoms with Crippen molar-refractivity contribution in [2.24, 2.45) is 0 Å². The number of ether oxygens (including phenoxy) is 1. The van der Waals surface area contributed by atoms with Gasteiger partial charge in [-0.2, -0.15) is 0 Å². The Balaban J connectivity index is 1.55. The van der Waals surface area contributed by atoms with E-state index >= 15 is 0 Å². The largest absolute Gasteiger partial charge is 0.399 e. The van der Waals surface area contributed by atoms with Crippen molar-refractivity contribution < 1.29 is 9.13 Å². The first-order chi connectivity index (χ1) is 9.15. The number of hydrogen-bond acceptors (Lipinski definition) is 3. The predicted octanol–water partition coefficient (Wildman–Crippen LogP) is 3.99. The molecule has 2 fully saturated rings. The molecule has 1 aromatic rings. The molecule has 104 valence electrons. The van der Waals surface area contributed by atoms with Gasteiger partial charge in [0.1, 0.15) is 5.82 Å². The van der Waals surface area contributed by atoms with E-state index in [2.05, 4.69) is 0 Å². The van der Waals surface area contributed by atoms with Gasteiger partial charge in [0.2, 0.25) is 0 Å². The van der Waals surface area contributed by atoms with E-state index in [1.165, 1.54) is 38.2 Å². The van der Waals surface area contributed by atoms with Crippen molar-refractivity contribution in [3.63, 3.8) is 0 Å². The standard InChI is InChI=1S/C15H20FNOS/c16-11-7-12(17)9-14(8-11)19-10-13-3-6-15(18-13)4-1-2-5-15/h7-9,13H,1-6,10,17H2. The van der Waals surface area contributed by atoms with Gasteiger partial charge in [0, 0.05) is 16.3 Å². The highest BCUT2D eigenvalue weighted by Crippen LogP contribution is 2.44. The number of anilines is 1. The average molecular weight is 281 g/mol. The minimum atomic E-state index is -0.262. The fourth-order valence-electron chi connectivity index (χ4n) is 3.26. The van der Waals surface area contributed by atoms with Crippen LogP contribution in [0.2, 0.25) is 0 Å². The molecule has 1 unspecified atom stereocenters. The lowest BCUT2D eigenvalue weighted by molar-refractivity contribution is -0.0267. The molecule has 2 nitrogen and oxygen atoms in total. The quantitative estimate of drug-likeness (QED) is 0.672. The second-order valence-corrected chi connectivity index (χ2v) is 6.79. The van der Waals surface area contributed by atoms with Crippen LogP contribution in [0.25, 0.3) is 0 Å². The number of rotatable bonds is 3. The third-order valence-corrected chi connectivity index (χ3v) is 5.29. The lowest BCUT2D eigenvalue weighted by Gasteiger charge is -2.23. The first-order valence-electron chi connectivity index (χ1n) is 7.02. The van der Waals surface area contributed by atoms with Gasteiger partial charge in [-0.1, -0.05) is 12.8 Å². The van der Waals surface area contributed by atoms with E-state index in [-0.39, 0.29) is 11.4 Å². The minimum Gasteiger partial charge on any atom is -0.399 e. The number of halogens is 1. The second-order valence-electron chi connectivity index (χ2n) is 5.70. The lowest BCUT2D eigenvalue weighted by atomic mass is 9.98. The molecule has 0 bridgehead atoms. The van der Waals surface area contributed by atoms with E-state index < -0.39 is 0 Å². The molecule has 4 heteroatoms. The molecule has 1 aliphatic carbocycles. The first kappa shape index (κ1) is 13.3. The van der Waals surface area contributed by atoms with Crippen molar-refractivity contribution in [1.82, 2.24) is 0 Å². The van der Waals surface area contributed by atoms with E-state index in [1.54, 1.807) is 17.8 Å². The van der Waals surface area contributed by atoms with Crippen LogP contribution in [0.1, 0.15) is 38.5 Å². The molecule has 0 amide bonds. The smallest absolute Gasteiger partial charge is 0.126 e. The monoisotopic (exact) mass is 281 g/mol. The van der Waals surface area contributed by atoms with Crippen molar-refractivity contribution >= 4 is 17.4 Å². The Bertz CT molecular complexity index is 439. The number of nitrogen functional groups attached to an aromatic ring is 1. The predicted molar refractivity (Wildman–Crippen MR) is 76.8 cm³/mol. The second kappa shape index (κ2) is 5.33. The molecule has 1 atom stereocenters. The summed E-state index contributed by atoms with van der Waals surface area (Å²) in [5, 5.41) is 0. The third-order valence-electron chi connectivity index (χ3n) is 4.18. The molecule has 2 N–H and O–H groups in total. The third kappa shape index (κ3) is 3.06. The minimum absolute atomic E-state index is 0.187. The van der Waals surface area contributed by atoms with Crippen LogP contribution in [0.15, 0.2) is 23.1 Å². The van der Waals surface area contributed by atoms with Crippen LogP contribution in [0.3, 0.4) is 0 Å². The number of thioether (sulfide) groups is 1. The normalized spacial score (nSPS) is 25.2. The van der Waals surface area contributed by atoms with Crippen LogP contribution in [-0.2, 0) is 4.74 Å². The van der Waals surface area contributed by atoms with Gasteiger partial charge in [-0.25, -0.2) is 4.39 Å². The molecule has 1 aromatic carbocycles. The number of benzene rings is 1. The van der Waals surface area contributed by atoms with Crippen molar-refractivity contribution in [3.05, 3.63) is 24.0 Å². The molecule has 19 heavy (non-hydrogen) atoms. The zero-order chi connectivity index (χ0) is 13.3. The highest BCUT2D eigenvalue weighted by Gasteiger charge is 2.41. The molecule has 1 heterocycles. The van der Waals surface area contributed by atoms with Crippen LogP contribution < -0.4 is 5.73 Å². The summed E-state index contributed by atoms with van der Waals surface area (Å²) in [6.07, 6.45) is 7.71. The number of nitrogens with two attached hydrogens (primary N) is 1. The van der Waals surface area contributed by atoms with Gasteiger partial charge in [0.05, 0.1) is 11.7 Å². The van der Waals surface area contributed by atoms with Crippen molar-refractivity contribution in [3.8, 4) is 0 Å². The van der Waals surface area contributed by atoms with Crippen LogP contribution in [0.5, 0.6) is 0 Å². The molecule has 0 aromatic heterocycles. The van der Waals surface area contributed by atoms with Crippen molar-refractivity contribution in [2.45, 2.75) is 55.1 Å². The molecule has 1 aliphatic heterocycles. The van der Waals surface area contributed by atoms with Gasteiger partial charge in [-0.15, -0.1) is 11.8 Å². The van der Waals surface area contributed by atoms with E-state index in [1.807, 2.05) is 6.07 Å². The van der Waals surface area contributed by atoms with E-state index in [4.69, 9.17) is 10.5 Å². The molecular formula is C15H20FNOS. The molecule has 1 saturated carbocycles. The Labute approximate surface area is 117 Å². The molecular weight excluding hydrogens is 261 g/mol. The zero-order valence-corrected chi connectivity index (χ0v) is 11.8. The number of hydrogen-bond donors (Lipinski definition) is 1. The summed E-state index contributed by atoms with van der Waals surface area (Å²) in [6.45, 7) is 0. The average Bonchev–Trinajstić information content (AvgIpc) is 2.97. The van der Waals surface area contributed by atoms with Crippen LogP contribution in [0.4, 0.5) is 10.1 Å². The van der Waals surface area contributed by atoms with Gasteiger partial charge < -0.3 is 10.5 Å². The fraction of sp³-hybridized carbons (Fsp3) is 0.600. The van der Waals surface area contributed by atoms with Gasteiger partial charge in [-0.3, -0.25) is 0 Å². The topological polar surface area (TPSA) is 35.2 Å². The zero-order valence-electron chi connectivity index (χ0n) is 11.0. The summed E-state index contributed by atoms with van der Waals surface area (Å²) in [7, 11) is 0. The van der Waals surface area contributed by atoms with E-state index in [0.29, 0.717) is 11.8 Å². The highest BCUT2D eigenvalue weighted by atomic mass is 32.2. The molecule has 2 aliphatic rings. The summed E-state index contributed by atoms with van der Waals surface area (Å²) in [6, 6.07) is 4.72. The maximum absolute atomic E-state index is 13.2. The van der Waals surface area contributed by atoms with Gasteiger partial charge in [0.25, 0.3) is 0 Å². The Morgan fingerprint density at radius 2 is 2.05 bits per heavy atom. The highest BCUT2D eigenvalue weighted by molar-refractivity contribution is 7.99. The van der Waals surface area contributed by atoms with Crippen molar-refractivity contribution in [1.29, 1.82) is 0 Å². The van der Waals surface area contributed by atoms with Gasteiger partial charge in [0.15, 0.2) is 0 Å². The molecule has 1 saturated heterocycles. The van der Waals surface area contributed by atoms with Gasteiger partial charge >= 0.3 is 0 Å². The summed E-state index contributed by atoms with van der Waals surface area (Å²) >= 11 is 1.64. The first-order valence-corrected chi connectivity index (χ1v) is 8.01. The Hall–Kier alpha value is -0.740.